The molecule has 1 N–H and O–H groups in total. The van der Waals surface area contributed by atoms with Crippen molar-refractivity contribution in [3.8, 4) is 0 Å². The number of halogens is 1. The van der Waals surface area contributed by atoms with Crippen molar-refractivity contribution in [2.75, 3.05) is 52.4 Å². The van der Waals surface area contributed by atoms with Crippen LogP contribution in [0.2, 0.25) is 5.02 Å². The number of carbonyl (C=O) groups is 2. The van der Waals surface area contributed by atoms with Gasteiger partial charge in [0.25, 0.3) is 0 Å². The summed E-state index contributed by atoms with van der Waals surface area (Å²) >= 11 is 5.88. The Labute approximate surface area is 179 Å². The van der Waals surface area contributed by atoms with Crippen molar-refractivity contribution in [2.45, 2.75) is 26.8 Å². The second-order valence-corrected chi connectivity index (χ2v) is 9.14. The van der Waals surface area contributed by atoms with Gasteiger partial charge in [0, 0.05) is 50.8 Å². The zero-order valence-corrected chi connectivity index (χ0v) is 18.3. The number of likely N-dealkylation sites (tertiary alicyclic amines) is 1. The van der Waals surface area contributed by atoms with Crippen LogP contribution in [0.4, 0.5) is 0 Å². The van der Waals surface area contributed by atoms with E-state index in [9.17, 15) is 9.59 Å². The lowest BCUT2D eigenvalue weighted by Crippen LogP contribution is -2.53. The van der Waals surface area contributed by atoms with Crippen molar-refractivity contribution in [2.24, 2.45) is 11.8 Å². The van der Waals surface area contributed by atoms with Gasteiger partial charge in [-0.05, 0) is 36.0 Å². The van der Waals surface area contributed by atoms with Gasteiger partial charge in [-0.1, -0.05) is 37.6 Å². The summed E-state index contributed by atoms with van der Waals surface area (Å²) < 4.78 is 0. The van der Waals surface area contributed by atoms with Crippen molar-refractivity contribution < 1.29 is 9.59 Å². The Morgan fingerprint density at radius 3 is 2.10 bits per heavy atom. The molecule has 0 unspecified atom stereocenters. The molecule has 0 bridgehead atoms. The third-order valence-electron chi connectivity index (χ3n) is 5.82. The van der Waals surface area contributed by atoms with Crippen LogP contribution in [0.5, 0.6) is 0 Å². The summed E-state index contributed by atoms with van der Waals surface area (Å²) in [5.41, 5.74) is 1.03. The molecule has 0 saturated carbocycles. The maximum absolute atomic E-state index is 12.7. The molecule has 160 valence electrons. The van der Waals surface area contributed by atoms with Crippen LogP contribution in [-0.2, 0) is 16.1 Å². The van der Waals surface area contributed by atoms with Crippen molar-refractivity contribution in [3.63, 3.8) is 0 Å². The van der Waals surface area contributed by atoms with E-state index < -0.39 is 0 Å². The highest BCUT2D eigenvalue weighted by Gasteiger charge is 2.27. The van der Waals surface area contributed by atoms with Crippen molar-refractivity contribution in [3.05, 3.63) is 34.9 Å². The highest BCUT2D eigenvalue weighted by Crippen LogP contribution is 2.21. The number of hydrogen-bond acceptors (Lipinski definition) is 4. The van der Waals surface area contributed by atoms with E-state index in [1.807, 2.05) is 29.2 Å². The molecule has 29 heavy (non-hydrogen) atoms. The SMILES string of the molecule is C[C@@H]1C[C@H](C)CN(C(=O)CN2CCN(CC(=O)NCc3ccc(Cl)cc3)CC2)C1. The van der Waals surface area contributed by atoms with Crippen LogP contribution < -0.4 is 5.32 Å². The van der Waals surface area contributed by atoms with Gasteiger partial charge in [-0.15, -0.1) is 0 Å². The molecule has 6 nitrogen and oxygen atoms in total. The molecule has 2 atom stereocenters. The van der Waals surface area contributed by atoms with Crippen LogP contribution in [0.15, 0.2) is 24.3 Å². The topological polar surface area (TPSA) is 55.9 Å². The number of piperazine rings is 1. The zero-order chi connectivity index (χ0) is 20.8. The van der Waals surface area contributed by atoms with E-state index in [-0.39, 0.29) is 11.8 Å². The minimum absolute atomic E-state index is 0.0285. The van der Waals surface area contributed by atoms with Gasteiger partial charge in [0.05, 0.1) is 13.1 Å². The molecule has 1 aromatic carbocycles. The van der Waals surface area contributed by atoms with Gasteiger partial charge in [-0.3, -0.25) is 19.4 Å². The van der Waals surface area contributed by atoms with Crippen LogP contribution in [0.1, 0.15) is 25.8 Å². The zero-order valence-electron chi connectivity index (χ0n) is 17.6. The maximum Gasteiger partial charge on any atom is 0.236 e. The molecule has 2 aliphatic heterocycles. The third kappa shape index (κ3) is 6.98. The Kier molecular flexibility index (Phi) is 7.92. The Morgan fingerprint density at radius 2 is 1.52 bits per heavy atom. The number of carbonyl (C=O) groups excluding carboxylic acids is 2. The molecule has 2 aliphatic rings. The number of rotatable bonds is 6. The van der Waals surface area contributed by atoms with Gasteiger partial charge in [-0.2, -0.15) is 0 Å². The summed E-state index contributed by atoms with van der Waals surface area (Å²) in [5.74, 6) is 1.45. The van der Waals surface area contributed by atoms with Gasteiger partial charge in [0.2, 0.25) is 11.8 Å². The summed E-state index contributed by atoms with van der Waals surface area (Å²) in [6.45, 7) is 10.9. The van der Waals surface area contributed by atoms with Crippen LogP contribution >= 0.6 is 11.6 Å². The fourth-order valence-corrected chi connectivity index (χ4v) is 4.45. The minimum atomic E-state index is 0.0285. The Hall–Kier alpha value is -1.63. The van der Waals surface area contributed by atoms with E-state index in [0.29, 0.717) is 36.5 Å². The number of hydrogen-bond donors (Lipinski definition) is 1. The molecule has 0 spiro atoms. The highest BCUT2D eigenvalue weighted by molar-refractivity contribution is 6.30. The summed E-state index contributed by atoms with van der Waals surface area (Å²) in [6, 6.07) is 7.49. The predicted octanol–water partition coefficient (Wildman–Crippen LogP) is 2.08. The van der Waals surface area contributed by atoms with Gasteiger partial charge >= 0.3 is 0 Å². The first-order valence-corrected chi connectivity index (χ1v) is 11.0. The molecule has 2 saturated heterocycles. The van der Waals surface area contributed by atoms with E-state index in [4.69, 9.17) is 11.6 Å². The van der Waals surface area contributed by atoms with Crippen LogP contribution in [0, 0.1) is 11.8 Å². The number of nitrogens with zero attached hydrogens (tertiary/aromatic N) is 3. The monoisotopic (exact) mass is 420 g/mol. The molecule has 0 aliphatic carbocycles. The van der Waals surface area contributed by atoms with Crippen molar-refractivity contribution in [1.29, 1.82) is 0 Å². The fourth-order valence-electron chi connectivity index (χ4n) is 4.33. The van der Waals surface area contributed by atoms with Crippen molar-refractivity contribution in [1.82, 2.24) is 20.0 Å². The van der Waals surface area contributed by atoms with E-state index >= 15 is 0 Å². The fraction of sp³-hybridized carbons (Fsp3) is 0.636. The molecular formula is C22H33ClN4O2. The quantitative estimate of drug-likeness (QED) is 0.765. The average molecular weight is 421 g/mol. The molecule has 0 aromatic heterocycles. The van der Waals surface area contributed by atoms with Gasteiger partial charge in [0.15, 0.2) is 0 Å². The maximum atomic E-state index is 12.7. The Balaban J connectivity index is 1.35. The standard InChI is InChI=1S/C22H33ClN4O2/c1-17-11-18(2)14-27(13-17)22(29)16-26-9-7-25(8-10-26)15-21(28)24-12-19-3-5-20(23)6-4-19/h3-6,17-18H,7-16H2,1-2H3,(H,24,28)/t17-,18+. The first-order valence-electron chi connectivity index (χ1n) is 10.6. The van der Waals surface area contributed by atoms with E-state index in [2.05, 4.69) is 29.0 Å². The van der Waals surface area contributed by atoms with Gasteiger partial charge in [-0.25, -0.2) is 0 Å². The molecule has 1 aromatic rings. The first-order chi connectivity index (χ1) is 13.9. The second kappa shape index (κ2) is 10.4. The van der Waals surface area contributed by atoms with E-state index in [1.54, 1.807) is 0 Å². The van der Waals surface area contributed by atoms with Gasteiger partial charge in [0.1, 0.15) is 0 Å². The number of benzene rings is 1. The van der Waals surface area contributed by atoms with Crippen molar-refractivity contribution >= 4 is 23.4 Å². The minimum Gasteiger partial charge on any atom is -0.351 e. The Morgan fingerprint density at radius 1 is 0.966 bits per heavy atom. The molecule has 2 fully saturated rings. The Bertz CT molecular complexity index is 679. The van der Waals surface area contributed by atoms with E-state index in [1.165, 1.54) is 6.42 Å². The lowest BCUT2D eigenvalue weighted by atomic mass is 9.92. The second-order valence-electron chi connectivity index (χ2n) is 8.70. The largest absolute Gasteiger partial charge is 0.351 e. The summed E-state index contributed by atoms with van der Waals surface area (Å²) in [4.78, 5) is 31.3. The van der Waals surface area contributed by atoms with Crippen LogP contribution in [0.3, 0.4) is 0 Å². The summed E-state index contributed by atoms with van der Waals surface area (Å²) in [7, 11) is 0. The number of amides is 2. The number of nitrogens with one attached hydrogen (secondary N) is 1. The highest BCUT2D eigenvalue weighted by atomic mass is 35.5. The summed E-state index contributed by atoms with van der Waals surface area (Å²) in [6.07, 6.45) is 1.21. The van der Waals surface area contributed by atoms with Crippen LogP contribution in [0.25, 0.3) is 0 Å². The normalized spacial score (nSPS) is 23.8. The molecular weight excluding hydrogens is 388 g/mol. The van der Waals surface area contributed by atoms with E-state index in [0.717, 1.165) is 44.8 Å². The molecule has 0 radical (unpaired) electrons. The average Bonchev–Trinajstić information content (AvgIpc) is 2.68. The molecule has 2 amide bonds. The number of piperidine rings is 1. The summed E-state index contributed by atoms with van der Waals surface area (Å²) in [5, 5.41) is 3.66. The lowest BCUT2D eigenvalue weighted by molar-refractivity contribution is -0.135. The van der Waals surface area contributed by atoms with Gasteiger partial charge < -0.3 is 10.2 Å². The lowest BCUT2D eigenvalue weighted by Gasteiger charge is -2.38. The molecule has 2 heterocycles. The third-order valence-corrected chi connectivity index (χ3v) is 6.07. The first kappa shape index (κ1) is 22.1. The van der Waals surface area contributed by atoms with Crippen LogP contribution in [-0.4, -0.2) is 78.9 Å². The molecule has 7 heteroatoms. The predicted molar refractivity (Wildman–Crippen MR) is 116 cm³/mol. The smallest absolute Gasteiger partial charge is 0.236 e. The molecule has 3 rings (SSSR count).